The molecule has 1 aromatic heterocycles. The van der Waals surface area contributed by atoms with Crippen molar-refractivity contribution in [2.75, 3.05) is 25.6 Å². The number of carbonyl (C=O) groups is 1. The highest BCUT2D eigenvalue weighted by Gasteiger charge is 2.22. The largest absolute Gasteiger partial charge is 0.384 e. The van der Waals surface area contributed by atoms with Gasteiger partial charge >= 0.3 is 0 Å². The molecular weight excluding hydrogens is 242 g/mol. The fourth-order valence-corrected chi connectivity index (χ4v) is 1.76. The summed E-state index contributed by atoms with van der Waals surface area (Å²) in [5.74, 6) is -0.145. The molecular formula is C14H23N3O2. The zero-order valence-corrected chi connectivity index (χ0v) is 12.1. The summed E-state index contributed by atoms with van der Waals surface area (Å²) in [6.45, 7) is 7.20. The minimum absolute atomic E-state index is 0.145. The lowest BCUT2D eigenvalue weighted by Crippen LogP contribution is -2.47. The Morgan fingerprint density at radius 1 is 1.47 bits per heavy atom. The van der Waals surface area contributed by atoms with Crippen molar-refractivity contribution in [3.05, 3.63) is 24.0 Å². The van der Waals surface area contributed by atoms with E-state index < -0.39 is 5.54 Å². The van der Waals surface area contributed by atoms with E-state index in [4.69, 9.17) is 4.74 Å². The van der Waals surface area contributed by atoms with Gasteiger partial charge in [0.1, 0.15) is 0 Å². The second-order valence-corrected chi connectivity index (χ2v) is 5.12. The molecule has 0 aliphatic rings. The van der Waals surface area contributed by atoms with E-state index in [2.05, 4.69) is 22.5 Å². The van der Waals surface area contributed by atoms with Crippen molar-refractivity contribution in [2.24, 2.45) is 0 Å². The summed E-state index contributed by atoms with van der Waals surface area (Å²) in [4.78, 5) is 16.3. The normalized spacial score (nSPS) is 11.2. The molecule has 1 heterocycles. The van der Waals surface area contributed by atoms with Gasteiger partial charge in [0.25, 0.3) is 5.91 Å². The van der Waals surface area contributed by atoms with E-state index in [0.29, 0.717) is 12.2 Å². The summed E-state index contributed by atoms with van der Waals surface area (Å²) >= 11 is 0. The van der Waals surface area contributed by atoms with Crippen LogP contribution in [0.2, 0.25) is 0 Å². The minimum Gasteiger partial charge on any atom is -0.384 e. The summed E-state index contributed by atoms with van der Waals surface area (Å²) in [6, 6.07) is 1.81. The molecule has 0 radical (unpaired) electrons. The molecule has 106 valence electrons. The molecule has 0 saturated heterocycles. The Kier molecular flexibility index (Phi) is 5.76. The van der Waals surface area contributed by atoms with Crippen LogP contribution in [0.5, 0.6) is 0 Å². The molecule has 1 rings (SSSR count). The van der Waals surface area contributed by atoms with Gasteiger partial charge in [-0.15, -0.1) is 0 Å². The molecule has 1 amide bonds. The van der Waals surface area contributed by atoms with Gasteiger partial charge in [-0.3, -0.25) is 9.78 Å². The van der Waals surface area contributed by atoms with Crippen LogP contribution in [0.4, 0.5) is 5.69 Å². The van der Waals surface area contributed by atoms with Crippen LogP contribution in [0.15, 0.2) is 18.5 Å². The third-order valence-electron chi connectivity index (χ3n) is 2.59. The van der Waals surface area contributed by atoms with Crippen LogP contribution in [-0.2, 0) is 4.74 Å². The van der Waals surface area contributed by atoms with Gasteiger partial charge < -0.3 is 15.4 Å². The number of amides is 1. The SMILES string of the molecule is CCCNc1ccncc1C(=O)NC(C)(C)COC. The highest BCUT2D eigenvalue weighted by Crippen LogP contribution is 2.15. The number of methoxy groups -OCH3 is 1. The third kappa shape index (κ3) is 4.87. The number of anilines is 1. The average molecular weight is 265 g/mol. The van der Waals surface area contributed by atoms with Crippen LogP contribution >= 0.6 is 0 Å². The number of nitrogens with one attached hydrogen (secondary N) is 2. The zero-order valence-electron chi connectivity index (χ0n) is 12.1. The molecule has 0 aromatic carbocycles. The Morgan fingerprint density at radius 3 is 2.84 bits per heavy atom. The summed E-state index contributed by atoms with van der Waals surface area (Å²) in [5.41, 5.74) is 0.951. The highest BCUT2D eigenvalue weighted by molar-refractivity contribution is 5.99. The monoisotopic (exact) mass is 265 g/mol. The topological polar surface area (TPSA) is 63.2 Å². The molecule has 0 aliphatic heterocycles. The number of carbonyl (C=O) groups excluding carboxylic acids is 1. The smallest absolute Gasteiger partial charge is 0.255 e. The molecule has 0 saturated carbocycles. The van der Waals surface area contributed by atoms with Crippen molar-refractivity contribution >= 4 is 11.6 Å². The van der Waals surface area contributed by atoms with Crippen molar-refractivity contribution in [2.45, 2.75) is 32.7 Å². The summed E-state index contributed by atoms with van der Waals surface area (Å²) in [7, 11) is 1.62. The molecule has 5 nitrogen and oxygen atoms in total. The number of rotatable bonds is 7. The van der Waals surface area contributed by atoms with Gasteiger partial charge in [0.05, 0.1) is 23.4 Å². The predicted octanol–water partition coefficient (Wildman–Crippen LogP) is 2.06. The van der Waals surface area contributed by atoms with Crippen molar-refractivity contribution in [3.63, 3.8) is 0 Å². The Hall–Kier alpha value is -1.62. The molecule has 0 bridgehead atoms. The van der Waals surface area contributed by atoms with E-state index >= 15 is 0 Å². The zero-order chi connectivity index (χ0) is 14.3. The number of aromatic nitrogens is 1. The van der Waals surface area contributed by atoms with Crippen LogP contribution < -0.4 is 10.6 Å². The summed E-state index contributed by atoms with van der Waals surface area (Å²) < 4.78 is 5.09. The lowest BCUT2D eigenvalue weighted by Gasteiger charge is -2.25. The van der Waals surface area contributed by atoms with Crippen molar-refractivity contribution < 1.29 is 9.53 Å². The maximum absolute atomic E-state index is 12.3. The van der Waals surface area contributed by atoms with Crippen molar-refractivity contribution in [1.82, 2.24) is 10.3 Å². The predicted molar refractivity (Wildman–Crippen MR) is 76.4 cm³/mol. The van der Waals surface area contributed by atoms with Crippen LogP contribution in [0.1, 0.15) is 37.6 Å². The fraction of sp³-hybridized carbons (Fsp3) is 0.571. The van der Waals surface area contributed by atoms with Gasteiger partial charge in [0.15, 0.2) is 0 Å². The number of nitrogens with zero attached hydrogens (tertiary/aromatic N) is 1. The van der Waals surface area contributed by atoms with Gasteiger partial charge in [-0.05, 0) is 26.3 Å². The fourth-order valence-electron chi connectivity index (χ4n) is 1.76. The lowest BCUT2D eigenvalue weighted by molar-refractivity contribution is 0.0820. The second kappa shape index (κ2) is 7.09. The van der Waals surface area contributed by atoms with Gasteiger partial charge in [-0.1, -0.05) is 6.92 Å². The van der Waals surface area contributed by atoms with Crippen LogP contribution in [0, 0.1) is 0 Å². The minimum atomic E-state index is -0.413. The Morgan fingerprint density at radius 2 is 2.21 bits per heavy atom. The second-order valence-electron chi connectivity index (χ2n) is 5.12. The Labute approximate surface area is 114 Å². The molecule has 0 atom stereocenters. The Balaban J connectivity index is 2.81. The first-order valence-electron chi connectivity index (χ1n) is 6.49. The van der Waals surface area contributed by atoms with E-state index in [-0.39, 0.29) is 5.91 Å². The van der Waals surface area contributed by atoms with Crippen molar-refractivity contribution in [3.8, 4) is 0 Å². The van der Waals surface area contributed by atoms with Crippen LogP contribution in [0.3, 0.4) is 0 Å². The standard InChI is InChI=1S/C14H23N3O2/c1-5-7-16-12-6-8-15-9-11(12)13(18)17-14(2,3)10-19-4/h6,8-9H,5,7,10H2,1-4H3,(H,15,16)(H,17,18). The van der Waals surface area contributed by atoms with Gasteiger partial charge in [0, 0.05) is 26.0 Å². The first-order chi connectivity index (χ1) is 9.00. The molecule has 0 aliphatic carbocycles. The summed E-state index contributed by atoms with van der Waals surface area (Å²) in [6.07, 6.45) is 4.25. The third-order valence-corrected chi connectivity index (χ3v) is 2.59. The molecule has 0 unspecified atom stereocenters. The quantitative estimate of drug-likeness (QED) is 0.792. The molecule has 1 aromatic rings. The molecule has 2 N–H and O–H groups in total. The average Bonchev–Trinajstić information content (AvgIpc) is 2.36. The highest BCUT2D eigenvalue weighted by atomic mass is 16.5. The Bertz CT molecular complexity index is 419. The van der Waals surface area contributed by atoms with E-state index in [1.54, 1.807) is 19.5 Å². The van der Waals surface area contributed by atoms with Crippen LogP contribution in [0.25, 0.3) is 0 Å². The number of hydrogen-bond donors (Lipinski definition) is 2. The van der Waals surface area contributed by atoms with E-state index in [1.165, 1.54) is 0 Å². The molecule has 0 spiro atoms. The molecule has 5 heteroatoms. The van der Waals surface area contributed by atoms with Crippen LogP contribution in [-0.4, -0.2) is 36.7 Å². The lowest BCUT2D eigenvalue weighted by atomic mass is 10.1. The van der Waals surface area contributed by atoms with E-state index in [9.17, 15) is 4.79 Å². The maximum atomic E-state index is 12.3. The van der Waals surface area contributed by atoms with E-state index in [1.807, 2.05) is 19.9 Å². The number of hydrogen-bond acceptors (Lipinski definition) is 4. The first-order valence-corrected chi connectivity index (χ1v) is 6.49. The van der Waals surface area contributed by atoms with E-state index in [0.717, 1.165) is 18.7 Å². The van der Waals surface area contributed by atoms with Crippen molar-refractivity contribution in [1.29, 1.82) is 0 Å². The number of pyridine rings is 1. The first kappa shape index (κ1) is 15.4. The van der Waals surface area contributed by atoms with Gasteiger partial charge in [-0.2, -0.15) is 0 Å². The van der Waals surface area contributed by atoms with Gasteiger partial charge in [0.2, 0.25) is 0 Å². The van der Waals surface area contributed by atoms with Gasteiger partial charge in [-0.25, -0.2) is 0 Å². The number of ether oxygens (including phenoxy) is 1. The summed E-state index contributed by atoms with van der Waals surface area (Å²) in [5, 5.41) is 6.18. The maximum Gasteiger partial charge on any atom is 0.255 e. The molecule has 0 fully saturated rings. The molecule has 19 heavy (non-hydrogen) atoms.